The van der Waals surface area contributed by atoms with Gasteiger partial charge in [-0.1, -0.05) is 28.1 Å². The lowest BCUT2D eigenvalue weighted by molar-refractivity contribution is 0.0139. The first-order valence-corrected chi connectivity index (χ1v) is 9.71. The van der Waals surface area contributed by atoms with Crippen LogP contribution in [0.1, 0.15) is 43.0 Å². The number of hydrogen-bond donors (Lipinski definition) is 1. The summed E-state index contributed by atoms with van der Waals surface area (Å²) >= 11 is 3.40. The summed E-state index contributed by atoms with van der Waals surface area (Å²) in [5.74, 6) is 0.345. The average molecular weight is 409 g/mol. The van der Waals surface area contributed by atoms with Crippen molar-refractivity contribution in [1.29, 1.82) is 0 Å². The molecule has 0 bridgehead atoms. The van der Waals surface area contributed by atoms with Crippen LogP contribution in [0, 0.1) is 5.92 Å². The maximum absolute atomic E-state index is 12.7. The molecule has 1 aromatic rings. The number of nitrogens with zero attached hydrogens (tertiary/aromatic N) is 2. The third-order valence-corrected chi connectivity index (χ3v) is 6.40. The van der Waals surface area contributed by atoms with E-state index in [0.29, 0.717) is 13.1 Å². The van der Waals surface area contributed by atoms with Gasteiger partial charge < -0.3 is 10.0 Å². The molecule has 136 valence electrons. The molecule has 0 atom stereocenters. The Bertz CT molecular complexity index is 631. The second-order valence-electron chi connectivity index (χ2n) is 7.40. The van der Waals surface area contributed by atoms with Crippen LogP contribution in [-0.4, -0.2) is 58.5 Å². The Balaban J connectivity index is 1.56. The standard InChI is InChI=1S/C19H25BrN2O3/c1-19(8-12-21(13-9-19)18(24)25)22-10-6-15(7-11-22)17(23)14-2-4-16(20)5-3-14/h2-5,15H,6-13H2,1H3,(H,24,25). The van der Waals surface area contributed by atoms with Gasteiger partial charge in [0.1, 0.15) is 0 Å². The van der Waals surface area contributed by atoms with E-state index in [1.807, 2.05) is 24.3 Å². The molecule has 0 radical (unpaired) electrons. The van der Waals surface area contributed by atoms with Crippen molar-refractivity contribution in [2.45, 2.75) is 38.1 Å². The third kappa shape index (κ3) is 4.06. The molecule has 1 aromatic carbocycles. The molecule has 0 spiro atoms. The lowest BCUT2D eigenvalue weighted by Gasteiger charge is -2.48. The molecule has 5 nitrogen and oxygen atoms in total. The zero-order valence-electron chi connectivity index (χ0n) is 14.6. The number of Topliss-reactive ketones (excluding diaryl/α,β-unsaturated/α-hetero) is 1. The van der Waals surface area contributed by atoms with E-state index in [1.54, 1.807) is 0 Å². The fourth-order valence-corrected chi connectivity index (χ4v) is 4.29. The lowest BCUT2D eigenvalue weighted by atomic mass is 9.82. The minimum absolute atomic E-state index is 0.0532. The number of likely N-dealkylation sites (tertiary alicyclic amines) is 2. The van der Waals surface area contributed by atoms with Crippen LogP contribution in [-0.2, 0) is 0 Å². The molecule has 2 fully saturated rings. The molecule has 3 rings (SSSR count). The van der Waals surface area contributed by atoms with Gasteiger partial charge in [0.25, 0.3) is 0 Å². The quantitative estimate of drug-likeness (QED) is 0.770. The molecule has 1 amide bonds. The van der Waals surface area contributed by atoms with Gasteiger partial charge in [0.2, 0.25) is 0 Å². The predicted octanol–water partition coefficient (Wildman–Crippen LogP) is 3.88. The Morgan fingerprint density at radius 1 is 1.08 bits per heavy atom. The fourth-order valence-electron chi connectivity index (χ4n) is 4.03. The largest absolute Gasteiger partial charge is 0.465 e. The average Bonchev–Trinajstić information content (AvgIpc) is 2.62. The highest BCUT2D eigenvalue weighted by Crippen LogP contribution is 2.33. The molecule has 0 unspecified atom stereocenters. The fraction of sp³-hybridized carbons (Fsp3) is 0.579. The van der Waals surface area contributed by atoms with E-state index in [9.17, 15) is 9.59 Å². The number of piperidine rings is 2. The molecule has 0 aromatic heterocycles. The minimum atomic E-state index is -0.819. The molecular weight excluding hydrogens is 384 g/mol. The first kappa shape index (κ1) is 18.4. The third-order valence-electron chi connectivity index (χ3n) is 5.87. The Hall–Kier alpha value is -1.40. The maximum atomic E-state index is 12.7. The van der Waals surface area contributed by atoms with Crippen molar-refractivity contribution in [3.63, 3.8) is 0 Å². The van der Waals surface area contributed by atoms with Gasteiger partial charge in [-0.15, -0.1) is 0 Å². The molecule has 2 aliphatic rings. The van der Waals surface area contributed by atoms with Gasteiger partial charge in [-0.2, -0.15) is 0 Å². The summed E-state index contributed by atoms with van der Waals surface area (Å²) in [7, 11) is 0. The summed E-state index contributed by atoms with van der Waals surface area (Å²) in [6.45, 7) is 5.27. The van der Waals surface area contributed by atoms with E-state index < -0.39 is 6.09 Å². The summed E-state index contributed by atoms with van der Waals surface area (Å²) in [5, 5.41) is 9.11. The summed E-state index contributed by atoms with van der Waals surface area (Å²) in [6.07, 6.45) is 2.68. The molecule has 2 saturated heterocycles. The Kier molecular flexibility index (Phi) is 5.49. The molecule has 0 aliphatic carbocycles. The van der Waals surface area contributed by atoms with Crippen LogP contribution >= 0.6 is 15.9 Å². The summed E-state index contributed by atoms with van der Waals surface area (Å²) in [4.78, 5) is 27.7. The van der Waals surface area contributed by atoms with Gasteiger partial charge in [-0.3, -0.25) is 9.69 Å². The van der Waals surface area contributed by atoms with Crippen LogP contribution in [0.5, 0.6) is 0 Å². The number of carboxylic acid groups (broad SMARTS) is 1. The van der Waals surface area contributed by atoms with Gasteiger partial charge in [0, 0.05) is 34.6 Å². The molecular formula is C19H25BrN2O3. The van der Waals surface area contributed by atoms with Gasteiger partial charge in [-0.25, -0.2) is 4.79 Å². The predicted molar refractivity (Wildman–Crippen MR) is 100 cm³/mol. The summed E-state index contributed by atoms with van der Waals surface area (Å²) < 4.78 is 0.986. The number of ketones is 1. The highest BCUT2D eigenvalue weighted by molar-refractivity contribution is 9.10. The van der Waals surface area contributed by atoms with Crippen molar-refractivity contribution in [2.75, 3.05) is 26.2 Å². The molecule has 1 N–H and O–H groups in total. The zero-order chi connectivity index (χ0) is 18.0. The van der Waals surface area contributed by atoms with E-state index in [1.165, 1.54) is 4.90 Å². The SMILES string of the molecule is CC1(N2CCC(C(=O)c3ccc(Br)cc3)CC2)CCN(C(=O)O)CC1. The van der Waals surface area contributed by atoms with Crippen molar-refractivity contribution in [1.82, 2.24) is 9.80 Å². The molecule has 25 heavy (non-hydrogen) atoms. The Labute approximate surface area is 157 Å². The van der Waals surface area contributed by atoms with Crippen LogP contribution in [0.15, 0.2) is 28.7 Å². The van der Waals surface area contributed by atoms with Gasteiger partial charge in [-0.05, 0) is 57.8 Å². The maximum Gasteiger partial charge on any atom is 0.407 e. The van der Waals surface area contributed by atoms with Crippen LogP contribution in [0.25, 0.3) is 0 Å². The van der Waals surface area contributed by atoms with Crippen molar-refractivity contribution in [2.24, 2.45) is 5.92 Å². The summed E-state index contributed by atoms with van der Waals surface area (Å²) in [5.41, 5.74) is 0.847. The number of carbonyl (C=O) groups excluding carboxylic acids is 1. The normalized spacial score (nSPS) is 21.9. The number of halogens is 1. The van der Waals surface area contributed by atoms with E-state index in [4.69, 9.17) is 5.11 Å². The van der Waals surface area contributed by atoms with Crippen molar-refractivity contribution in [3.05, 3.63) is 34.3 Å². The van der Waals surface area contributed by atoms with E-state index in [0.717, 1.165) is 48.8 Å². The van der Waals surface area contributed by atoms with Crippen LogP contribution in [0.4, 0.5) is 4.79 Å². The van der Waals surface area contributed by atoms with Crippen molar-refractivity contribution >= 4 is 27.8 Å². The van der Waals surface area contributed by atoms with Crippen LogP contribution in [0.2, 0.25) is 0 Å². The molecule has 0 saturated carbocycles. The van der Waals surface area contributed by atoms with Crippen LogP contribution in [0.3, 0.4) is 0 Å². The molecule has 6 heteroatoms. The van der Waals surface area contributed by atoms with Gasteiger partial charge in [0.15, 0.2) is 5.78 Å². The highest BCUT2D eigenvalue weighted by Gasteiger charge is 2.39. The van der Waals surface area contributed by atoms with Crippen molar-refractivity contribution < 1.29 is 14.7 Å². The topological polar surface area (TPSA) is 60.9 Å². The summed E-state index contributed by atoms with van der Waals surface area (Å²) in [6, 6.07) is 7.61. The first-order valence-electron chi connectivity index (χ1n) is 8.92. The van der Waals surface area contributed by atoms with E-state index in [2.05, 4.69) is 27.8 Å². The number of carbonyl (C=O) groups is 2. The van der Waals surface area contributed by atoms with Gasteiger partial charge in [0.05, 0.1) is 0 Å². The Morgan fingerprint density at radius 3 is 2.16 bits per heavy atom. The number of hydrogen-bond acceptors (Lipinski definition) is 3. The van der Waals surface area contributed by atoms with E-state index >= 15 is 0 Å². The Morgan fingerprint density at radius 2 is 1.64 bits per heavy atom. The zero-order valence-corrected chi connectivity index (χ0v) is 16.2. The molecule has 2 aliphatic heterocycles. The smallest absolute Gasteiger partial charge is 0.407 e. The minimum Gasteiger partial charge on any atom is -0.465 e. The number of amides is 1. The number of benzene rings is 1. The highest BCUT2D eigenvalue weighted by atomic mass is 79.9. The second-order valence-corrected chi connectivity index (χ2v) is 8.31. The monoisotopic (exact) mass is 408 g/mol. The van der Waals surface area contributed by atoms with Gasteiger partial charge >= 0.3 is 6.09 Å². The van der Waals surface area contributed by atoms with E-state index in [-0.39, 0.29) is 17.2 Å². The second kappa shape index (κ2) is 7.46. The molecule has 2 heterocycles. The number of rotatable bonds is 3. The lowest BCUT2D eigenvalue weighted by Crippen LogP contribution is -2.56. The van der Waals surface area contributed by atoms with Crippen LogP contribution < -0.4 is 0 Å². The van der Waals surface area contributed by atoms with Crippen molar-refractivity contribution in [3.8, 4) is 0 Å². The first-order chi connectivity index (χ1) is 11.9.